The third-order valence-corrected chi connectivity index (χ3v) is 2.53. The van der Waals surface area contributed by atoms with Crippen molar-refractivity contribution in [2.45, 2.75) is 13.0 Å². The number of aliphatic hydroxyl groups is 1. The molecule has 0 unspecified atom stereocenters. The minimum atomic E-state index is -3.51. The Balaban J connectivity index is 3.81. The number of hydrogen-bond donors (Lipinski definition) is 3. The Morgan fingerprint density at radius 3 is 2.62 bits per heavy atom. The summed E-state index contributed by atoms with van der Waals surface area (Å²) < 4.78 is 31.3. The zero-order valence-corrected chi connectivity index (χ0v) is 8.60. The summed E-state index contributed by atoms with van der Waals surface area (Å²) in [6, 6.07) is -0.486. The van der Waals surface area contributed by atoms with Crippen molar-refractivity contribution >= 4 is 10.2 Å². The van der Waals surface area contributed by atoms with Crippen molar-refractivity contribution in [1.82, 2.24) is 9.44 Å². The molecule has 0 aliphatic carbocycles. The van der Waals surface area contributed by atoms with Gasteiger partial charge < -0.3 is 9.84 Å². The van der Waals surface area contributed by atoms with E-state index in [1.165, 1.54) is 7.11 Å². The predicted octanol–water partition coefficient (Wildman–Crippen LogP) is -1.56. The first-order chi connectivity index (χ1) is 6.02. The standard InChI is InChI=1S/C6H16N2O4S/c1-6(5-9)8-13(10,11)7-3-4-12-2/h6-9H,3-5H2,1-2H3/t6-/m0/s1. The smallest absolute Gasteiger partial charge is 0.277 e. The second-order valence-corrected chi connectivity index (χ2v) is 4.12. The highest BCUT2D eigenvalue weighted by molar-refractivity contribution is 7.87. The SMILES string of the molecule is COCCNS(=O)(=O)N[C@@H](C)CO. The lowest BCUT2D eigenvalue weighted by molar-refractivity contribution is 0.204. The van der Waals surface area contributed by atoms with Gasteiger partial charge in [-0.15, -0.1) is 0 Å². The molecule has 0 aliphatic heterocycles. The first-order valence-electron chi connectivity index (χ1n) is 3.88. The van der Waals surface area contributed by atoms with E-state index in [0.29, 0.717) is 6.61 Å². The van der Waals surface area contributed by atoms with E-state index >= 15 is 0 Å². The van der Waals surface area contributed by atoms with Gasteiger partial charge in [-0.05, 0) is 6.92 Å². The van der Waals surface area contributed by atoms with Crippen molar-refractivity contribution in [2.75, 3.05) is 26.9 Å². The van der Waals surface area contributed by atoms with Crippen LogP contribution in [0.15, 0.2) is 0 Å². The topological polar surface area (TPSA) is 87.7 Å². The van der Waals surface area contributed by atoms with Gasteiger partial charge in [0.15, 0.2) is 0 Å². The average Bonchev–Trinajstić information content (AvgIpc) is 2.03. The Morgan fingerprint density at radius 1 is 1.54 bits per heavy atom. The summed E-state index contributed by atoms with van der Waals surface area (Å²) in [6.45, 7) is 1.86. The summed E-state index contributed by atoms with van der Waals surface area (Å²) in [5.74, 6) is 0. The van der Waals surface area contributed by atoms with Gasteiger partial charge in [-0.25, -0.2) is 0 Å². The van der Waals surface area contributed by atoms with Gasteiger partial charge >= 0.3 is 0 Å². The number of nitrogens with one attached hydrogen (secondary N) is 2. The Hall–Kier alpha value is -0.210. The second-order valence-electron chi connectivity index (χ2n) is 2.59. The number of hydrogen-bond acceptors (Lipinski definition) is 4. The summed E-state index contributed by atoms with van der Waals surface area (Å²) >= 11 is 0. The maximum absolute atomic E-state index is 11.1. The molecule has 0 aromatic carbocycles. The van der Waals surface area contributed by atoms with Crippen molar-refractivity contribution in [3.8, 4) is 0 Å². The van der Waals surface area contributed by atoms with Gasteiger partial charge in [0.1, 0.15) is 0 Å². The molecule has 0 aromatic heterocycles. The predicted molar refractivity (Wildman–Crippen MR) is 48.5 cm³/mol. The summed E-state index contributed by atoms with van der Waals surface area (Å²) in [6.07, 6.45) is 0. The highest BCUT2D eigenvalue weighted by Crippen LogP contribution is 1.83. The van der Waals surface area contributed by atoms with Crippen molar-refractivity contribution in [3.05, 3.63) is 0 Å². The zero-order chi connectivity index (χ0) is 10.3. The first-order valence-corrected chi connectivity index (χ1v) is 5.37. The van der Waals surface area contributed by atoms with Crippen LogP contribution in [0, 0.1) is 0 Å². The average molecular weight is 212 g/mol. The lowest BCUT2D eigenvalue weighted by Gasteiger charge is -2.11. The molecule has 1 atom stereocenters. The summed E-state index contributed by atoms with van der Waals surface area (Å²) in [5.41, 5.74) is 0. The van der Waals surface area contributed by atoms with Crippen LogP contribution in [0.25, 0.3) is 0 Å². The minimum absolute atomic E-state index is 0.212. The number of ether oxygens (including phenoxy) is 1. The molecular weight excluding hydrogens is 196 g/mol. The summed E-state index contributed by atoms with van der Waals surface area (Å²) in [5, 5.41) is 8.59. The van der Waals surface area contributed by atoms with E-state index in [2.05, 4.69) is 14.2 Å². The zero-order valence-electron chi connectivity index (χ0n) is 7.78. The monoisotopic (exact) mass is 212 g/mol. The molecule has 80 valence electrons. The third kappa shape index (κ3) is 6.91. The molecule has 0 rings (SSSR count). The maximum atomic E-state index is 11.1. The molecule has 0 aromatic rings. The quantitative estimate of drug-likeness (QED) is 0.445. The fourth-order valence-corrected chi connectivity index (χ4v) is 1.66. The van der Waals surface area contributed by atoms with Gasteiger partial charge in [0.25, 0.3) is 10.2 Å². The molecule has 0 fully saturated rings. The molecule has 0 heterocycles. The molecule has 0 spiro atoms. The van der Waals surface area contributed by atoms with Gasteiger partial charge in [0.2, 0.25) is 0 Å². The molecule has 0 bridgehead atoms. The third-order valence-electron chi connectivity index (χ3n) is 1.23. The second kappa shape index (κ2) is 6.28. The highest BCUT2D eigenvalue weighted by atomic mass is 32.2. The molecule has 3 N–H and O–H groups in total. The number of aliphatic hydroxyl groups excluding tert-OH is 1. The van der Waals surface area contributed by atoms with Crippen LogP contribution in [0.3, 0.4) is 0 Å². The van der Waals surface area contributed by atoms with Crippen LogP contribution in [-0.4, -0.2) is 46.4 Å². The van der Waals surface area contributed by atoms with Crippen LogP contribution < -0.4 is 9.44 Å². The van der Waals surface area contributed by atoms with Gasteiger partial charge in [-0.3, -0.25) is 0 Å². The van der Waals surface area contributed by atoms with Crippen molar-refractivity contribution < 1.29 is 18.3 Å². The molecule has 0 saturated carbocycles. The number of methoxy groups -OCH3 is 1. The molecule has 0 aliphatic rings. The maximum Gasteiger partial charge on any atom is 0.277 e. The fourth-order valence-electron chi connectivity index (χ4n) is 0.622. The Labute approximate surface area is 78.5 Å². The van der Waals surface area contributed by atoms with Crippen LogP contribution in [0.5, 0.6) is 0 Å². The van der Waals surface area contributed by atoms with Crippen molar-refractivity contribution in [3.63, 3.8) is 0 Å². The Kier molecular flexibility index (Phi) is 6.17. The van der Waals surface area contributed by atoms with Crippen LogP contribution in [0.4, 0.5) is 0 Å². The van der Waals surface area contributed by atoms with E-state index in [9.17, 15) is 8.42 Å². The molecule has 6 nitrogen and oxygen atoms in total. The van der Waals surface area contributed by atoms with E-state index in [0.717, 1.165) is 0 Å². The van der Waals surface area contributed by atoms with E-state index < -0.39 is 16.3 Å². The normalized spacial score (nSPS) is 14.4. The molecule has 0 saturated heterocycles. The first kappa shape index (κ1) is 12.8. The lowest BCUT2D eigenvalue weighted by Crippen LogP contribution is -2.43. The van der Waals surface area contributed by atoms with Gasteiger partial charge in [0.05, 0.1) is 13.2 Å². The van der Waals surface area contributed by atoms with Crippen LogP contribution >= 0.6 is 0 Å². The molecule has 0 radical (unpaired) electrons. The lowest BCUT2D eigenvalue weighted by atomic mass is 10.4. The van der Waals surface area contributed by atoms with Crippen LogP contribution in [-0.2, 0) is 14.9 Å². The fraction of sp³-hybridized carbons (Fsp3) is 1.00. The highest BCUT2D eigenvalue weighted by Gasteiger charge is 2.11. The molecular formula is C6H16N2O4S. The van der Waals surface area contributed by atoms with E-state index in [4.69, 9.17) is 5.11 Å². The minimum Gasteiger partial charge on any atom is -0.395 e. The molecule has 0 amide bonds. The van der Waals surface area contributed by atoms with Gasteiger partial charge in [-0.1, -0.05) is 0 Å². The van der Waals surface area contributed by atoms with E-state index in [1.807, 2.05) is 0 Å². The summed E-state index contributed by atoms with van der Waals surface area (Å²) in [4.78, 5) is 0. The van der Waals surface area contributed by atoms with Crippen LogP contribution in [0.2, 0.25) is 0 Å². The van der Waals surface area contributed by atoms with E-state index in [-0.39, 0.29) is 13.2 Å². The molecule has 7 heteroatoms. The molecule has 13 heavy (non-hydrogen) atoms. The van der Waals surface area contributed by atoms with Crippen molar-refractivity contribution in [2.24, 2.45) is 0 Å². The number of rotatable bonds is 7. The van der Waals surface area contributed by atoms with Crippen molar-refractivity contribution in [1.29, 1.82) is 0 Å². The van der Waals surface area contributed by atoms with Gasteiger partial charge in [0, 0.05) is 19.7 Å². The van der Waals surface area contributed by atoms with E-state index in [1.54, 1.807) is 6.92 Å². The largest absolute Gasteiger partial charge is 0.395 e. The Bertz CT molecular complexity index is 217. The Morgan fingerprint density at radius 2 is 2.15 bits per heavy atom. The summed E-state index contributed by atoms with van der Waals surface area (Å²) in [7, 11) is -2.02. The van der Waals surface area contributed by atoms with Crippen LogP contribution in [0.1, 0.15) is 6.92 Å². The van der Waals surface area contributed by atoms with Gasteiger partial charge in [-0.2, -0.15) is 17.9 Å².